The molecule has 2 N–H and O–H groups in total. The molecule has 7 nitrogen and oxygen atoms in total. The summed E-state index contributed by atoms with van der Waals surface area (Å²) in [5.41, 5.74) is 6.03. The molecule has 1 aliphatic rings. The number of hydrogen-bond acceptors (Lipinski definition) is 5. The molecule has 0 aliphatic carbocycles. The monoisotopic (exact) mass is 252 g/mol. The first-order valence-electron chi connectivity index (χ1n) is 5.77. The molecule has 1 aromatic heterocycles. The number of likely N-dealkylation sites (tertiary alicyclic amines) is 1. The van der Waals surface area contributed by atoms with Gasteiger partial charge in [0, 0.05) is 12.7 Å². The largest absolute Gasteiger partial charge is 0.467 e. The van der Waals surface area contributed by atoms with E-state index >= 15 is 0 Å². The summed E-state index contributed by atoms with van der Waals surface area (Å²) in [6.45, 7) is 0.667. The Kier molecular flexibility index (Phi) is 3.50. The quantitative estimate of drug-likeness (QED) is 0.741. The normalized spacial score (nSPS) is 18.9. The summed E-state index contributed by atoms with van der Waals surface area (Å²) in [5.74, 6) is -0.508. The minimum Gasteiger partial charge on any atom is -0.467 e. The van der Waals surface area contributed by atoms with E-state index in [0.29, 0.717) is 18.7 Å². The highest BCUT2D eigenvalue weighted by molar-refractivity contribution is 5.85. The molecule has 1 atom stereocenters. The van der Waals surface area contributed by atoms with Gasteiger partial charge in [0.25, 0.3) is 0 Å². The van der Waals surface area contributed by atoms with Crippen LogP contribution in [0.1, 0.15) is 12.8 Å². The molecule has 18 heavy (non-hydrogen) atoms. The molecule has 2 heterocycles. The standard InChI is InChI=1S/C11H16N4O3/c1-18-11(17)9-3-2-4-15(9)10(16)7-14-6-8(12)5-13-14/h5-6,9H,2-4,7,12H2,1H3. The van der Waals surface area contributed by atoms with Crippen molar-refractivity contribution in [3.63, 3.8) is 0 Å². The van der Waals surface area contributed by atoms with E-state index in [1.165, 1.54) is 18.0 Å². The first-order valence-corrected chi connectivity index (χ1v) is 5.77. The highest BCUT2D eigenvalue weighted by Crippen LogP contribution is 2.18. The molecular formula is C11H16N4O3. The number of nitrogen functional groups attached to an aromatic ring is 1. The summed E-state index contributed by atoms with van der Waals surface area (Å²) in [7, 11) is 1.33. The minimum absolute atomic E-state index is 0.0880. The van der Waals surface area contributed by atoms with E-state index in [-0.39, 0.29) is 18.4 Å². The molecule has 7 heteroatoms. The number of hydrogen-bond donors (Lipinski definition) is 1. The van der Waals surface area contributed by atoms with Crippen LogP contribution in [0.5, 0.6) is 0 Å². The second kappa shape index (κ2) is 5.07. The average molecular weight is 252 g/mol. The van der Waals surface area contributed by atoms with Gasteiger partial charge in [0.15, 0.2) is 0 Å². The Morgan fingerprint density at radius 2 is 2.39 bits per heavy atom. The maximum absolute atomic E-state index is 12.1. The van der Waals surface area contributed by atoms with Gasteiger partial charge in [-0.15, -0.1) is 0 Å². The van der Waals surface area contributed by atoms with Gasteiger partial charge >= 0.3 is 5.97 Å². The van der Waals surface area contributed by atoms with E-state index in [4.69, 9.17) is 10.5 Å². The van der Waals surface area contributed by atoms with Gasteiger partial charge in [-0.3, -0.25) is 9.48 Å². The van der Waals surface area contributed by atoms with Crippen molar-refractivity contribution in [1.29, 1.82) is 0 Å². The van der Waals surface area contributed by atoms with E-state index in [2.05, 4.69) is 5.10 Å². The highest BCUT2D eigenvalue weighted by atomic mass is 16.5. The van der Waals surface area contributed by atoms with Crippen molar-refractivity contribution in [1.82, 2.24) is 14.7 Å². The average Bonchev–Trinajstić information content (AvgIpc) is 2.97. The van der Waals surface area contributed by atoms with Crippen LogP contribution in [-0.4, -0.2) is 46.3 Å². The molecule has 1 fully saturated rings. The fraction of sp³-hybridized carbons (Fsp3) is 0.545. The molecule has 1 unspecified atom stereocenters. The van der Waals surface area contributed by atoms with Crippen LogP contribution < -0.4 is 5.73 Å². The van der Waals surface area contributed by atoms with Gasteiger partial charge in [-0.05, 0) is 12.8 Å². The summed E-state index contributed by atoms with van der Waals surface area (Å²) in [4.78, 5) is 25.1. The van der Waals surface area contributed by atoms with Crippen molar-refractivity contribution >= 4 is 17.6 Å². The first-order chi connectivity index (χ1) is 8.61. The molecule has 0 aromatic carbocycles. The van der Waals surface area contributed by atoms with Crippen molar-refractivity contribution in [3.05, 3.63) is 12.4 Å². The van der Waals surface area contributed by atoms with Gasteiger partial charge in [-0.25, -0.2) is 4.79 Å². The van der Waals surface area contributed by atoms with Gasteiger partial charge < -0.3 is 15.4 Å². The van der Waals surface area contributed by atoms with Crippen molar-refractivity contribution in [3.8, 4) is 0 Å². The number of rotatable bonds is 3. The third-order valence-electron chi connectivity index (χ3n) is 3.00. The van der Waals surface area contributed by atoms with Crippen molar-refractivity contribution in [2.24, 2.45) is 0 Å². The summed E-state index contributed by atoms with van der Waals surface area (Å²) in [6.07, 6.45) is 4.53. The zero-order valence-electron chi connectivity index (χ0n) is 10.2. The highest BCUT2D eigenvalue weighted by Gasteiger charge is 2.34. The number of amides is 1. The molecule has 0 saturated carbocycles. The molecule has 98 valence electrons. The Hall–Kier alpha value is -2.05. The minimum atomic E-state index is -0.463. The second-order valence-corrected chi connectivity index (χ2v) is 4.24. The number of nitrogens with zero attached hydrogens (tertiary/aromatic N) is 3. The lowest BCUT2D eigenvalue weighted by molar-refractivity contribution is -0.151. The molecular weight excluding hydrogens is 236 g/mol. The van der Waals surface area contributed by atoms with Crippen LogP contribution in [0.2, 0.25) is 0 Å². The van der Waals surface area contributed by atoms with E-state index in [9.17, 15) is 9.59 Å². The molecule has 2 rings (SSSR count). The van der Waals surface area contributed by atoms with E-state index < -0.39 is 6.04 Å². The van der Waals surface area contributed by atoms with Crippen molar-refractivity contribution in [2.45, 2.75) is 25.4 Å². The van der Waals surface area contributed by atoms with Crippen LogP contribution >= 0.6 is 0 Å². The van der Waals surface area contributed by atoms with E-state index in [0.717, 1.165) is 6.42 Å². The van der Waals surface area contributed by atoms with Crippen molar-refractivity contribution in [2.75, 3.05) is 19.4 Å². The number of methoxy groups -OCH3 is 1. The topological polar surface area (TPSA) is 90.5 Å². The molecule has 1 amide bonds. The molecule has 0 spiro atoms. The third-order valence-corrected chi connectivity index (χ3v) is 3.00. The number of nitrogens with two attached hydrogens (primary N) is 1. The first kappa shape index (κ1) is 12.4. The fourth-order valence-corrected chi connectivity index (χ4v) is 2.14. The van der Waals surface area contributed by atoms with Crippen molar-refractivity contribution < 1.29 is 14.3 Å². The Bertz CT molecular complexity index is 457. The number of esters is 1. The van der Waals surface area contributed by atoms with Gasteiger partial charge in [0.2, 0.25) is 5.91 Å². The molecule has 0 radical (unpaired) electrons. The lowest BCUT2D eigenvalue weighted by Crippen LogP contribution is -2.42. The molecule has 1 saturated heterocycles. The Labute approximate surface area is 104 Å². The smallest absolute Gasteiger partial charge is 0.328 e. The number of aromatic nitrogens is 2. The summed E-state index contributed by atoms with van der Waals surface area (Å²) >= 11 is 0. The van der Waals surface area contributed by atoms with Crippen LogP contribution in [0.3, 0.4) is 0 Å². The van der Waals surface area contributed by atoms with Crippen LogP contribution in [0.4, 0.5) is 5.69 Å². The second-order valence-electron chi connectivity index (χ2n) is 4.24. The SMILES string of the molecule is COC(=O)C1CCCN1C(=O)Cn1cc(N)cn1. The molecule has 1 aliphatic heterocycles. The van der Waals surface area contributed by atoms with Gasteiger partial charge in [0.1, 0.15) is 12.6 Å². The van der Waals surface area contributed by atoms with Crippen LogP contribution in [0, 0.1) is 0 Å². The zero-order chi connectivity index (χ0) is 13.1. The summed E-state index contributed by atoms with van der Waals surface area (Å²) < 4.78 is 6.16. The Morgan fingerprint density at radius 1 is 1.61 bits per heavy atom. The van der Waals surface area contributed by atoms with Crippen LogP contribution in [-0.2, 0) is 20.9 Å². The summed E-state index contributed by atoms with van der Waals surface area (Å²) in [5, 5.41) is 3.95. The molecule has 0 bridgehead atoms. The van der Waals surface area contributed by atoms with Crippen LogP contribution in [0.25, 0.3) is 0 Å². The predicted octanol–water partition coefficient (Wildman–Crippen LogP) is -0.371. The Balaban J connectivity index is 2.02. The Morgan fingerprint density at radius 3 is 3.00 bits per heavy atom. The predicted molar refractivity (Wildman–Crippen MR) is 63.4 cm³/mol. The van der Waals surface area contributed by atoms with Gasteiger partial charge in [-0.2, -0.15) is 5.10 Å². The van der Waals surface area contributed by atoms with Gasteiger partial charge in [-0.1, -0.05) is 0 Å². The van der Waals surface area contributed by atoms with Crippen LogP contribution in [0.15, 0.2) is 12.4 Å². The zero-order valence-corrected chi connectivity index (χ0v) is 10.2. The lowest BCUT2D eigenvalue weighted by Gasteiger charge is -2.22. The number of carbonyl (C=O) groups is 2. The number of ether oxygens (including phenoxy) is 1. The summed E-state index contributed by atoms with van der Waals surface area (Å²) in [6, 6.07) is -0.463. The van der Waals surface area contributed by atoms with E-state index in [1.807, 2.05) is 0 Å². The maximum atomic E-state index is 12.1. The number of anilines is 1. The third kappa shape index (κ3) is 2.44. The number of carbonyl (C=O) groups excluding carboxylic acids is 2. The molecule has 1 aromatic rings. The lowest BCUT2D eigenvalue weighted by atomic mass is 10.2. The fourth-order valence-electron chi connectivity index (χ4n) is 2.14. The van der Waals surface area contributed by atoms with Gasteiger partial charge in [0.05, 0.1) is 19.0 Å². The maximum Gasteiger partial charge on any atom is 0.328 e. The van der Waals surface area contributed by atoms with E-state index in [1.54, 1.807) is 11.1 Å².